The highest BCUT2D eigenvalue weighted by atomic mass is 16.0. The van der Waals surface area contributed by atoms with Crippen LogP contribution in [0.2, 0.25) is 0 Å². The minimum atomic E-state index is -0.167. The Balaban J connectivity index is 0. The summed E-state index contributed by atoms with van der Waals surface area (Å²) in [4.78, 5) is 0. The lowest BCUT2D eigenvalue weighted by atomic mass is 10.7. The number of hydrogen-bond donors (Lipinski definition) is 2. The van der Waals surface area contributed by atoms with Crippen LogP contribution in [0.25, 0.3) is 0 Å². The highest BCUT2D eigenvalue weighted by Gasteiger charge is 1.66. The first kappa shape index (κ1) is 8.86. The number of rotatable bonds is 0. The van der Waals surface area contributed by atoms with Crippen molar-refractivity contribution in [1.82, 2.24) is 0 Å². The summed E-state index contributed by atoms with van der Waals surface area (Å²) in [5.74, 6) is 0. The minimum absolute atomic E-state index is 0. The molecule has 0 bridgehead atoms. The predicted molar refractivity (Wildman–Crippen MR) is 21.5 cm³/mol. The normalized spacial score (nSPS) is 7.20. The minimum Gasteiger partial charge on any atom is -0.412 e. The lowest BCUT2D eigenvalue weighted by Gasteiger charge is -1.83. The van der Waals surface area contributed by atoms with E-state index in [1.54, 1.807) is 6.92 Å². The Bertz CT molecular complexity index is 12.4. The Hall–Kier alpha value is -0.120. The molecule has 0 atom stereocenters. The molecular formula is C2H10N2O. The van der Waals surface area contributed by atoms with Crippen molar-refractivity contribution >= 4 is 0 Å². The van der Waals surface area contributed by atoms with E-state index >= 15 is 0 Å². The smallest absolute Gasteiger partial charge is 0.0491 e. The summed E-state index contributed by atoms with van der Waals surface area (Å²) < 4.78 is 0. The van der Waals surface area contributed by atoms with Crippen molar-refractivity contribution in [2.24, 2.45) is 11.5 Å². The van der Waals surface area contributed by atoms with Gasteiger partial charge in [-0.2, -0.15) is 0 Å². The van der Waals surface area contributed by atoms with Crippen LogP contribution < -0.4 is 11.5 Å². The fourth-order valence-corrected chi connectivity index (χ4v) is 0. The van der Waals surface area contributed by atoms with E-state index in [2.05, 4.69) is 0 Å². The van der Waals surface area contributed by atoms with Crippen molar-refractivity contribution in [3.63, 3.8) is 0 Å². The maximum Gasteiger partial charge on any atom is 0.0491 e. The van der Waals surface area contributed by atoms with E-state index in [1.165, 1.54) is 0 Å². The molecule has 3 nitrogen and oxygen atoms in total. The van der Waals surface area contributed by atoms with Gasteiger partial charge in [0.05, 0.1) is 0 Å². The molecule has 0 aromatic heterocycles. The summed E-state index contributed by atoms with van der Waals surface area (Å²) in [6.45, 7) is 1.72. The van der Waals surface area contributed by atoms with Gasteiger partial charge >= 0.3 is 0 Å². The van der Waals surface area contributed by atoms with Gasteiger partial charge in [0.25, 0.3) is 0 Å². The van der Waals surface area contributed by atoms with E-state index in [9.17, 15) is 0 Å². The van der Waals surface area contributed by atoms with Crippen LogP contribution in [0.4, 0.5) is 0 Å². The zero-order chi connectivity index (χ0) is 3.58. The second-order valence-corrected chi connectivity index (χ2v) is 0.859. The molecule has 0 amide bonds. The van der Waals surface area contributed by atoms with E-state index in [-0.39, 0.29) is 11.6 Å². The van der Waals surface area contributed by atoms with E-state index in [0.717, 1.165) is 0 Å². The monoisotopic (exact) mass is 78.1 g/mol. The van der Waals surface area contributed by atoms with Crippen LogP contribution in [-0.2, 0) is 0 Å². The molecule has 34 valence electrons. The van der Waals surface area contributed by atoms with Gasteiger partial charge in [-0.3, -0.25) is 0 Å². The molecule has 0 aliphatic carbocycles. The molecule has 0 radical (unpaired) electrons. The summed E-state index contributed by atoms with van der Waals surface area (Å²) >= 11 is 0. The summed E-state index contributed by atoms with van der Waals surface area (Å²) in [6, 6.07) is 0. The van der Waals surface area contributed by atoms with Crippen LogP contribution in [0.5, 0.6) is 0 Å². The maximum absolute atomic E-state index is 4.89. The molecule has 0 saturated heterocycles. The van der Waals surface area contributed by atoms with Crippen molar-refractivity contribution in [1.29, 1.82) is 0 Å². The van der Waals surface area contributed by atoms with Crippen molar-refractivity contribution in [3.05, 3.63) is 0 Å². The third-order valence-corrected chi connectivity index (χ3v) is 0. The Morgan fingerprint density at radius 2 is 1.40 bits per heavy atom. The largest absolute Gasteiger partial charge is 0.412 e. The van der Waals surface area contributed by atoms with Crippen LogP contribution in [0.15, 0.2) is 0 Å². The molecule has 0 spiro atoms. The zero-order valence-corrected chi connectivity index (χ0v) is 3.23. The molecule has 6 N–H and O–H groups in total. The van der Waals surface area contributed by atoms with Gasteiger partial charge in [0, 0.05) is 6.17 Å². The van der Waals surface area contributed by atoms with Gasteiger partial charge in [-0.25, -0.2) is 0 Å². The Kier molecular flexibility index (Phi) is 6.87. The topological polar surface area (TPSA) is 83.5 Å². The first-order valence-electron chi connectivity index (χ1n) is 1.24. The van der Waals surface area contributed by atoms with E-state index < -0.39 is 0 Å². The lowest BCUT2D eigenvalue weighted by molar-refractivity contribution is 0.790. The van der Waals surface area contributed by atoms with Crippen molar-refractivity contribution < 1.29 is 5.48 Å². The molecule has 0 unspecified atom stereocenters. The fourth-order valence-electron chi connectivity index (χ4n) is 0. The Morgan fingerprint density at radius 1 is 1.40 bits per heavy atom. The third-order valence-electron chi connectivity index (χ3n) is 0. The molecular weight excluding hydrogens is 68.0 g/mol. The second-order valence-electron chi connectivity index (χ2n) is 0.859. The molecule has 0 saturated carbocycles. The molecule has 3 heteroatoms. The summed E-state index contributed by atoms with van der Waals surface area (Å²) in [6.07, 6.45) is -0.167. The van der Waals surface area contributed by atoms with Gasteiger partial charge in [-0.15, -0.1) is 0 Å². The van der Waals surface area contributed by atoms with Gasteiger partial charge in [-0.05, 0) is 6.92 Å². The van der Waals surface area contributed by atoms with Gasteiger partial charge in [-0.1, -0.05) is 0 Å². The Labute approximate surface area is 31.3 Å². The molecule has 0 aliphatic heterocycles. The maximum atomic E-state index is 4.89. The molecule has 0 rings (SSSR count). The average molecular weight is 78.1 g/mol. The summed E-state index contributed by atoms with van der Waals surface area (Å²) in [5.41, 5.74) is 9.78. The fraction of sp³-hybridized carbons (Fsp3) is 1.00. The average Bonchev–Trinajstić information content (AvgIpc) is 0.811. The Morgan fingerprint density at radius 3 is 1.40 bits per heavy atom. The van der Waals surface area contributed by atoms with Gasteiger partial charge in [0.2, 0.25) is 0 Å². The van der Waals surface area contributed by atoms with Gasteiger partial charge < -0.3 is 16.9 Å². The highest BCUT2D eigenvalue weighted by molar-refractivity contribution is 4.28. The van der Waals surface area contributed by atoms with Crippen LogP contribution in [-0.4, -0.2) is 11.6 Å². The first-order chi connectivity index (χ1) is 1.73. The lowest BCUT2D eigenvalue weighted by Crippen LogP contribution is -2.25. The van der Waals surface area contributed by atoms with E-state index in [4.69, 9.17) is 11.5 Å². The first-order valence-corrected chi connectivity index (χ1v) is 1.24. The standard InChI is InChI=1S/C2H8N2.H2O/c1-2(3)4;/h2H,3-4H2,1H3;1H2. The molecule has 0 aromatic carbocycles. The summed E-state index contributed by atoms with van der Waals surface area (Å²) in [7, 11) is 0. The number of hydrogen-bond acceptors (Lipinski definition) is 2. The van der Waals surface area contributed by atoms with Gasteiger partial charge in [0.15, 0.2) is 0 Å². The van der Waals surface area contributed by atoms with Crippen LogP contribution in [0.3, 0.4) is 0 Å². The second kappa shape index (κ2) is 3.88. The predicted octanol–water partition coefficient (Wildman–Crippen LogP) is -1.57. The number of nitrogens with two attached hydrogens (primary N) is 2. The van der Waals surface area contributed by atoms with E-state index in [1.807, 2.05) is 0 Å². The zero-order valence-electron chi connectivity index (χ0n) is 3.23. The molecule has 0 heterocycles. The van der Waals surface area contributed by atoms with Crippen LogP contribution in [0, 0.1) is 0 Å². The molecule has 0 fully saturated rings. The van der Waals surface area contributed by atoms with Gasteiger partial charge in [0.1, 0.15) is 0 Å². The van der Waals surface area contributed by atoms with Crippen molar-refractivity contribution in [3.8, 4) is 0 Å². The van der Waals surface area contributed by atoms with E-state index in [0.29, 0.717) is 0 Å². The van der Waals surface area contributed by atoms with Crippen molar-refractivity contribution in [2.75, 3.05) is 0 Å². The van der Waals surface area contributed by atoms with Crippen LogP contribution >= 0.6 is 0 Å². The SMILES string of the molecule is CC(N)N.O. The van der Waals surface area contributed by atoms with Crippen LogP contribution in [0.1, 0.15) is 6.92 Å². The summed E-state index contributed by atoms with van der Waals surface area (Å²) in [5, 5.41) is 0. The highest BCUT2D eigenvalue weighted by Crippen LogP contribution is 1.41. The molecule has 5 heavy (non-hydrogen) atoms. The molecule has 0 aromatic rings. The van der Waals surface area contributed by atoms with Crippen molar-refractivity contribution in [2.45, 2.75) is 13.1 Å². The quantitative estimate of drug-likeness (QED) is 0.343. The third kappa shape index (κ3) is 952. The molecule has 0 aliphatic rings.